The van der Waals surface area contributed by atoms with Crippen molar-refractivity contribution in [3.63, 3.8) is 0 Å². The maximum atomic E-state index is 13.7. The molecule has 0 aliphatic carbocycles. The van der Waals surface area contributed by atoms with Crippen LogP contribution >= 0.6 is 15.9 Å². The Bertz CT molecular complexity index is 423. The predicted molar refractivity (Wildman–Crippen MR) is 79.8 cm³/mol. The molecule has 2 nitrogen and oxygen atoms in total. The van der Waals surface area contributed by atoms with Crippen LogP contribution in [-0.2, 0) is 0 Å². The molecule has 0 aliphatic rings. The normalized spacial score (nSPS) is 12.2. The molecule has 1 unspecified atom stereocenters. The Kier molecular flexibility index (Phi) is 7.06. The number of hydrogen-bond donors (Lipinski definition) is 1. The van der Waals surface area contributed by atoms with Gasteiger partial charge in [-0.1, -0.05) is 38.7 Å². The zero-order valence-electron chi connectivity index (χ0n) is 11.5. The third-order valence-corrected chi connectivity index (χ3v) is 3.68. The fourth-order valence-corrected chi connectivity index (χ4v) is 2.30. The van der Waals surface area contributed by atoms with E-state index in [0.717, 1.165) is 12.8 Å². The average Bonchev–Trinajstić information content (AvgIpc) is 2.38. The van der Waals surface area contributed by atoms with Crippen LogP contribution in [0, 0.1) is 5.82 Å². The molecule has 19 heavy (non-hydrogen) atoms. The fraction of sp³-hybridized carbons (Fsp3) is 0.533. The molecule has 1 amide bonds. The molecule has 0 fully saturated rings. The van der Waals surface area contributed by atoms with Crippen LogP contribution in [-0.4, -0.2) is 11.9 Å². The highest BCUT2D eigenvalue weighted by Crippen LogP contribution is 2.18. The summed E-state index contributed by atoms with van der Waals surface area (Å²) < 4.78 is 14.1. The molecular weight excluding hydrogens is 309 g/mol. The van der Waals surface area contributed by atoms with Gasteiger partial charge in [-0.05, 0) is 41.4 Å². The number of rotatable bonds is 7. The van der Waals surface area contributed by atoms with E-state index < -0.39 is 5.82 Å². The maximum absolute atomic E-state index is 13.7. The van der Waals surface area contributed by atoms with Crippen molar-refractivity contribution < 1.29 is 9.18 Å². The zero-order chi connectivity index (χ0) is 14.3. The summed E-state index contributed by atoms with van der Waals surface area (Å²) in [6, 6.07) is 4.82. The quantitative estimate of drug-likeness (QED) is 0.723. The highest BCUT2D eigenvalue weighted by atomic mass is 79.9. The smallest absolute Gasteiger partial charge is 0.254 e. The predicted octanol–water partition coefficient (Wildman–Crippen LogP) is 4.68. The lowest BCUT2D eigenvalue weighted by Crippen LogP contribution is -2.33. The summed E-state index contributed by atoms with van der Waals surface area (Å²) in [5, 5.41) is 2.84. The molecule has 0 aliphatic heterocycles. The Morgan fingerprint density at radius 1 is 1.37 bits per heavy atom. The lowest BCUT2D eigenvalue weighted by molar-refractivity contribution is 0.0933. The van der Waals surface area contributed by atoms with E-state index in [1.807, 2.05) is 6.92 Å². The molecule has 0 saturated heterocycles. The van der Waals surface area contributed by atoms with Gasteiger partial charge in [0.15, 0.2) is 0 Å². The Balaban J connectivity index is 2.48. The van der Waals surface area contributed by atoms with Gasteiger partial charge < -0.3 is 5.32 Å². The Hall–Kier alpha value is -0.900. The van der Waals surface area contributed by atoms with Crippen LogP contribution in [0.1, 0.15) is 56.3 Å². The molecule has 0 saturated carbocycles. The molecule has 0 aromatic heterocycles. The third kappa shape index (κ3) is 5.31. The molecular formula is C15H21BrFNO. The maximum Gasteiger partial charge on any atom is 0.254 e. The van der Waals surface area contributed by atoms with Gasteiger partial charge in [-0.2, -0.15) is 0 Å². The number of benzene rings is 1. The van der Waals surface area contributed by atoms with Crippen molar-refractivity contribution in [2.45, 2.75) is 52.0 Å². The molecule has 0 spiro atoms. The second kappa shape index (κ2) is 8.31. The lowest BCUT2D eigenvalue weighted by Gasteiger charge is -2.14. The first kappa shape index (κ1) is 16.2. The van der Waals surface area contributed by atoms with Gasteiger partial charge in [0.1, 0.15) is 5.82 Å². The number of nitrogens with one attached hydrogen (secondary N) is 1. The van der Waals surface area contributed by atoms with Crippen LogP contribution in [0.25, 0.3) is 0 Å². The van der Waals surface area contributed by atoms with E-state index in [4.69, 9.17) is 0 Å². The van der Waals surface area contributed by atoms with Gasteiger partial charge in [0.2, 0.25) is 0 Å². The molecule has 1 N–H and O–H groups in total. The number of carbonyl (C=O) groups is 1. The minimum absolute atomic E-state index is 0.0720. The molecule has 1 aromatic rings. The van der Waals surface area contributed by atoms with E-state index in [1.54, 1.807) is 12.1 Å². The van der Waals surface area contributed by atoms with Gasteiger partial charge >= 0.3 is 0 Å². The molecule has 1 atom stereocenters. The lowest BCUT2D eigenvalue weighted by atomic mass is 10.1. The van der Waals surface area contributed by atoms with Gasteiger partial charge in [0.25, 0.3) is 5.91 Å². The van der Waals surface area contributed by atoms with Crippen LogP contribution in [0.2, 0.25) is 0 Å². The monoisotopic (exact) mass is 329 g/mol. The average molecular weight is 330 g/mol. The first-order chi connectivity index (χ1) is 9.06. The van der Waals surface area contributed by atoms with Gasteiger partial charge in [-0.25, -0.2) is 4.39 Å². The van der Waals surface area contributed by atoms with Crippen LogP contribution in [0.3, 0.4) is 0 Å². The van der Waals surface area contributed by atoms with Gasteiger partial charge in [-0.3, -0.25) is 4.79 Å². The molecule has 1 aromatic carbocycles. The number of hydrogen-bond acceptors (Lipinski definition) is 1. The molecule has 0 bridgehead atoms. The Labute approximate surface area is 122 Å². The molecule has 0 radical (unpaired) electrons. The van der Waals surface area contributed by atoms with E-state index in [-0.39, 0.29) is 17.5 Å². The fourth-order valence-electron chi connectivity index (χ4n) is 1.93. The number of unbranched alkanes of at least 4 members (excludes halogenated alkanes) is 3. The van der Waals surface area contributed by atoms with Crippen LogP contribution in [0.4, 0.5) is 4.39 Å². The van der Waals surface area contributed by atoms with E-state index in [0.29, 0.717) is 4.47 Å². The minimum atomic E-state index is -0.502. The van der Waals surface area contributed by atoms with Gasteiger partial charge in [0.05, 0.1) is 10.0 Å². The van der Waals surface area contributed by atoms with E-state index in [1.165, 1.54) is 25.3 Å². The van der Waals surface area contributed by atoms with Crippen molar-refractivity contribution >= 4 is 21.8 Å². The first-order valence-corrected chi connectivity index (χ1v) is 7.60. The second-order valence-electron chi connectivity index (χ2n) is 4.83. The highest BCUT2D eigenvalue weighted by molar-refractivity contribution is 9.10. The van der Waals surface area contributed by atoms with E-state index in [9.17, 15) is 9.18 Å². The van der Waals surface area contributed by atoms with E-state index in [2.05, 4.69) is 28.2 Å². The zero-order valence-corrected chi connectivity index (χ0v) is 13.1. The van der Waals surface area contributed by atoms with Crippen molar-refractivity contribution in [3.8, 4) is 0 Å². The van der Waals surface area contributed by atoms with Gasteiger partial charge in [-0.15, -0.1) is 0 Å². The van der Waals surface area contributed by atoms with E-state index >= 15 is 0 Å². The highest BCUT2D eigenvalue weighted by Gasteiger charge is 2.15. The molecule has 4 heteroatoms. The second-order valence-corrected chi connectivity index (χ2v) is 5.68. The first-order valence-electron chi connectivity index (χ1n) is 6.81. The summed E-state index contributed by atoms with van der Waals surface area (Å²) in [6.07, 6.45) is 5.63. The summed E-state index contributed by atoms with van der Waals surface area (Å²) in [5.74, 6) is -0.847. The van der Waals surface area contributed by atoms with Crippen LogP contribution < -0.4 is 5.32 Å². The summed E-state index contributed by atoms with van der Waals surface area (Å²) in [4.78, 5) is 11.9. The molecule has 0 heterocycles. The molecule has 1 rings (SSSR count). The SMILES string of the molecule is CCCCCCC(C)NC(=O)c1cccc(Br)c1F. The van der Waals surface area contributed by atoms with Crippen molar-refractivity contribution in [1.29, 1.82) is 0 Å². The summed E-state index contributed by atoms with van der Waals surface area (Å²) in [6.45, 7) is 4.13. The van der Waals surface area contributed by atoms with Crippen molar-refractivity contribution in [1.82, 2.24) is 5.32 Å². The van der Waals surface area contributed by atoms with Crippen LogP contribution in [0.5, 0.6) is 0 Å². The standard InChI is InChI=1S/C15H21BrFNO/c1-3-4-5-6-8-11(2)18-15(19)12-9-7-10-13(16)14(12)17/h7,9-11H,3-6,8H2,1-2H3,(H,18,19). The van der Waals surface area contributed by atoms with Crippen molar-refractivity contribution in [2.24, 2.45) is 0 Å². The summed E-state index contributed by atoms with van der Waals surface area (Å²) >= 11 is 3.08. The van der Waals surface area contributed by atoms with Crippen LogP contribution in [0.15, 0.2) is 22.7 Å². The summed E-state index contributed by atoms with van der Waals surface area (Å²) in [7, 11) is 0. The van der Waals surface area contributed by atoms with Crippen molar-refractivity contribution in [2.75, 3.05) is 0 Å². The number of amides is 1. The van der Waals surface area contributed by atoms with Gasteiger partial charge in [0, 0.05) is 6.04 Å². The third-order valence-electron chi connectivity index (χ3n) is 3.06. The molecule has 106 valence electrons. The largest absolute Gasteiger partial charge is 0.349 e. The number of halogens is 2. The van der Waals surface area contributed by atoms with Crippen molar-refractivity contribution in [3.05, 3.63) is 34.1 Å². The minimum Gasteiger partial charge on any atom is -0.349 e. The topological polar surface area (TPSA) is 29.1 Å². The summed E-state index contributed by atoms with van der Waals surface area (Å²) in [5.41, 5.74) is 0.0924. The number of carbonyl (C=O) groups excluding carboxylic acids is 1. The Morgan fingerprint density at radius 2 is 2.11 bits per heavy atom. The Morgan fingerprint density at radius 3 is 2.79 bits per heavy atom.